The second-order valence-electron chi connectivity index (χ2n) is 6.01. The van der Waals surface area contributed by atoms with Gasteiger partial charge in [-0.1, -0.05) is 23.7 Å². The standard InChI is InChI=1S/C20H22ClN3O5S/c1-13(19(26)24-15-7-5-9-23-18(15)21)29-20(27)14-6-3-4-8-16(14)30-12-17(25)22-10-11-28-2/h3-9,13H,10-12H2,1-2H3,(H,22,25)(H,24,26). The normalized spacial score (nSPS) is 11.4. The van der Waals surface area contributed by atoms with Gasteiger partial charge in [0, 0.05) is 24.7 Å². The molecule has 2 amide bonds. The zero-order valence-corrected chi connectivity index (χ0v) is 18.1. The number of aromatic nitrogens is 1. The van der Waals surface area contributed by atoms with Gasteiger partial charge in [0.05, 0.1) is 23.6 Å². The third kappa shape index (κ3) is 7.33. The quantitative estimate of drug-likeness (QED) is 0.247. The van der Waals surface area contributed by atoms with Gasteiger partial charge < -0.3 is 20.1 Å². The number of thioether (sulfide) groups is 1. The fourth-order valence-electron chi connectivity index (χ4n) is 2.24. The van der Waals surface area contributed by atoms with E-state index in [-0.39, 0.29) is 22.4 Å². The van der Waals surface area contributed by atoms with E-state index in [0.29, 0.717) is 23.7 Å². The van der Waals surface area contributed by atoms with Crippen molar-refractivity contribution in [3.63, 3.8) is 0 Å². The number of hydrogen-bond donors (Lipinski definition) is 2. The summed E-state index contributed by atoms with van der Waals surface area (Å²) in [6.45, 7) is 2.28. The molecular weight excluding hydrogens is 430 g/mol. The van der Waals surface area contributed by atoms with Gasteiger partial charge in [-0.3, -0.25) is 9.59 Å². The molecule has 8 nitrogen and oxygen atoms in total. The molecule has 1 unspecified atom stereocenters. The van der Waals surface area contributed by atoms with Gasteiger partial charge in [0.1, 0.15) is 0 Å². The predicted octanol–water partition coefficient (Wildman–Crippen LogP) is 2.77. The number of hydrogen-bond acceptors (Lipinski definition) is 7. The highest BCUT2D eigenvalue weighted by atomic mass is 35.5. The maximum absolute atomic E-state index is 12.6. The van der Waals surface area contributed by atoms with Crippen LogP contribution in [0.3, 0.4) is 0 Å². The van der Waals surface area contributed by atoms with E-state index in [4.69, 9.17) is 21.1 Å². The maximum atomic E-state index is 12.6. The minimum Gasteiger partial charge on any atom is -0.449 e. The fraction of sp³-hybridized carbons (Fsp3) is 0.300. The van der Waals surface area contributed by atoms with Crippen LogP contribution in [0.1, 0.15) is 17.3 Å². The first-order valence-electron chi connectivity index (χ1n) is 9.02. The molecule has 0 bridgehead atoms. The number of nitrogens with zero attached hydrogens (tertiary/aromatic N) is 1. The smallest absolute Gasteiger partial charge is 0.340 e. The molecule has 160 valence electrons. The highest BCUT2D eigenvalue weighted by Gasteiger charge is 2.22. The summed E-state index contributed by atoms with van der Waals surface area (Å²) >= 11 is 7.12. The summed E-state index contributed by atoms with van der Waals surface area (Å²) in [5, 5.41) is 5.41. The molecule has 0 spiro atoms. The van der Waals surface area contributed by atoms with Crippen molar-refractivity contribution < 1.29 is 23.9 Å². The van der Waals surface area contributed by atoms with Crippen LogP contribution < -0.4 is 10.6 Å². The summed E-state index contributed by atoms with van der Waals surface area (Å²) in [4.78, 5) is 41.2. The SMILES string of the molecule is COCCNC(=O)CSc1ccccc1C(=O)OC(C)C(=O)Nc1cccnc1Cl. The van der Waals surface area contributed by atoms with Crippen molar-refractivity contribution in [1.82, 2.24) is 10.3 Å². The van der Waals surface area contributed by atoms with Crippen LogP contribution in [0.5, 0.6) is 0 Å². The van der Waals surface area contributed by atoms with Crippen molar-refractivity contribution in [2.45, 2.75) is 17.9 Å². The molecule has 0 saturated heterocycles. The number of rotatable bonds is 10. The first-order valence-corrected chi connectivity index (χ1v) is 10.4. The second kappa shape index (κ2) is 12.2. The van der Waals surface area contributed by atoms with Crippen LogP contribution in [0.25, 0.3) is 0 Å². The highest BCUT2D eigenvalue weighted by molar-refractivity contribution is 8.00. The van der Waals surface area contributed by atoms with E-state index in [1.807, 2.05) is 0 Å². The third-order valence-electron chi connectivity index (χ3n) is 3.76. The first kappa shape index (κ1) is 23.7. The van der Waals surface area contributed by atoms with E-state index in [9.17, 15) is 14.4 Å². The molecule has 0 aliphatic rings. The van der Waals surface area contributed by atoms with Crippen molar-refractivity contribution in [2.75, 3.05) is 31.3 Å². The zero-order valence-electron chi connectivity index (χ0n) is 16.5. The van der Waals surface area contributed by atoms with E-state index in [0.717, 1.165) is 0 Å². The lowest BCUT2D eigenvalue weighted by Gasteiger charge is -2.15. The van der Waals surface area contributed by atoms with Crippen LogP contribution in [-0.4, -0.2) is 54.9 Å². The Balaban J connectivity index is 1.95. The molecular formula is C20H22ClN3O5S. The number of nitrogens with one attached hydrogen (secondary N) is 2. The number of amides is 2. The Hall–Kier alpha value is -2.62. The molecule has 0 saturated carbocycles. The fourth-order valence-corrected chi connectivity index (χ4v) is 3.28. The van der Waals surface area contributed by atoms with Crippen LogP contribution in [0.2, 0.25) is 5.15 Å². The number of pyridine rings is 1. The molecule has 2 N–H and O–H groups in total. The highest BCUT2D eigenvalue weighted by Crippen LogP contribution is 2.24. The number of esters is 1. The topological polar surface area (TPSA) is 107 Å². The van der Waals surface area contributed by atoms with Gasteiger partial charge in [0.2, 0.25) is 5.91 Å². The van der Waals surface area contributed by atoms with E-state index in [1.165, 1.54) is 24.9 Å². The van der Waals surface area contributed by atoms with Gasteiger partial charge in [0.15, 0.2) is 11.3 Å². The van der Waals surface area contributed by atoms with Crippen LogP contribution >= 0.6 is 23.4 Å². The summed E-state index contributed by atoms with van der Waals surface area (Å²) in [7, 11) is 1.55. The molecule has 1 aromatic heterocycles. The largest absolute Gasteiger partial charge is 0.449 e. The molecule has 0 fully saturated rings. The zero-order chi connectivity index (χ0) is 21.9. The number of anilines is 1. The molecule has 2 rings (SSSR count). The van der Waals surface area contributed by atoms with Gasteiger partial charge in [-0.2, -0.15) is 0 Å². The number of methoxy groups -OCH3 is 1. The lowest BCUT2D eigenvalue weighted by Crippen LogP contribution is -2.30. The molecule has 1 aromatic carbocycles. The number of benzene rings is 1. The van der Waals surface area contributed by atoms with Gasteiger partial charge >= 0.3 is 5.97 Å². The number of carbonyl (C=O) groups is 3. The summed E-state index contributed by atoms with van der Waals surface area (Å²) < 4.78 is 10.2. The van der Waals surface area contributed by atoms with Crippen LogP contribution in [-0.2, 0) is 19.1 Å². The summed E-state index contributed by atoms with van der Waals surface area (Å²) in [6, 6.07) is 9.93. The Kier molecular flexibility index (Phi) is 9.59. The summed E-state index contributed by atoms with van der Waals surface area (Å²) in [5.41, 5.74) is 0.591. The predicted molar refractivity (Wildman–Crippen MR) is 115 cm³/mol. The van der Waals surface area contributed by atoms with Crippen molar-refractivity contribution >= 4 is 46.8 Å². The summed E-state index contributed by atoms with van der Waals surface area (Å²) in [6.07, 6.45) is 0.428. The Morgan fingerprint density at radius 2 is 1.97 bits per heavy atom. The second-order valence-corrected chi connectivity index (χ2v) is 7.38. The van der Waals surface area contributed by atoms with Crippen LogP contribution in [0.15, 0.2) is 47.5 Å². The average Bonchev–Trinajstić information content (AvgIpc) is 2.74. The Labute approximate surface area is 183 Å². The Morgan fingerprint density at radius 3 is 2.70 bits per heavy atom. The number of ether oxygens (including phenoxy) is 2. The van der Waals surface area contributed by atoms with Crippen molar-refractivity contribution in [2.24, 2.45) is 0 Å². The number of halogens is 1. The van der Waals surface area contributed by atoms with Crippen molar-refractivity contribution in [1.29, 1.82) is 0 Å². The molecule has 0 aliphatic carbocycles. The summed E-state index contributed by atoms with van der Waals surface area (Å²) in [5.74, 6) is -1.26. The molecule has 0 aliphatic heterocycles. The van der Waals surface area contributed by atoms with E-state index in [1.54, 1.807) is 43.5 Å². The average molecular weight is 452 g/mol. The maximum Gasteiger partial charge on any atom is 0.340 e. The van der Waals surface area contributed by atoms with Crippen LogP contribution in [0.4, 0.5) is 5.69 Å². The molecule has 1 heterocycles. The molecule has 0 radical (unpaired) electrons. The third-order valence-corrected chi connectivity index (χ3v) is 5.14. The lowest BCUT2D eigenvalue weighted by molar-refractivity contribution is -0.123. The molecule has 2 aromatic rings. The van der Waals surface area contributed by atoms with Gasteiger partial charge in [-0.25, -0.2) is 9.78 Å². The first-order chi connectivity index (χ1) is 14.4. The molecule has 30 heavy (non-hydrogen) atoms. The van der Waals surface area contributed by atoms with Crippen molar-refractivity contribution in [3.05, 3.63) is 53.3 Å². The van der Waals surface area contributed by atoms with E-state index < -0.39 is 18.0 Å². The van der Waals surface area contributed by atoms with Crippen molar-refractivity contribution in [3.8, 4) is 0 Å². The lowest BCUT2D eigenvalue weighted by atomic mass is 10.2. The van der Waals surface area contributed by atoms with Crippen LogP contribution in [0, 0.1) is 0 Å². The minimum atomic E-state index is -1.07. The molecule has 10 heteroatoms. The van der Waals surface area contributed by atoms with Gasteiger partial charge in [0.25, 0.3) is 5.91 Å². The monoisotopic (exact) mass is 451 g/mol. The number of carbonyl (C=O) groups excluding carboxylic acids is 3. The molecule has 1 atom stereocenters. The Bertz CT molecular complexity index is 896. The van der Waals surface area contributed by atoms with E-state index >= 15 is 0 Å². The minimum absolute atomic E-state index is 0.129. The van der Waals surface area contributed by atoms with Gasteiger partial charge in [-0.15, -0.1) is 11.8 Å². The Morgan fingerprint density at radius 1 is 1.20 bits per heavy atom. The van der Waals surface area contributed by atoms with Gasteiger partial charge in [-0.05, 0) is 31.2 Å². The van der Waals surface area contributed by atoms with E-state index in [2.05, 4.69) is 15.6 Å².